The predicted octanol–water partition coefficient (Wildman–Crippen LogP) is 2.62. The first kappa shape index (κ1) is 13.8. The van der Waals surface area contributed by atoms with Crippen LogP contribution < -0.4 is 4.72 Å². The van der Waals surface area contributed by atoms with Crippen LogP contribution in [0.4, 0.5) is 0 Å². The van der Waals surface area contributed by atoms with Gasteiger partial charge in [-0.3, -0.25) is 0 Å². The Bertz CT molecular complexity index is 715. The van der Waals surface area contributed by atoms with E-state index in [1.165, 1.54) is 12.1 Å². The van der Waals surface area contributed by atoms with Crippen molar-refractivity contribution in [2.24, 2.45) is 0 Å². The Hall–Kier alpha value is -1.59. The minimum atomic E-state index is -3.53. The fourth-order valence-corrected chi connectivity index (χ4v) is 3.29. The summed E-state index contributed by atoms with van der Waals surface area (Å²) < 4.78 is 27.0. The van der Waals surface area contributed by atoms with Crippen molar-refractivity contribution in [2.75, 3.05) is 0 Å². The molecule has 0 amide bonds. The van der Waals surface area contributed by atoms with Crippen molar-refractivity contribution in [2.45, 2.75) is 31.2 Å². The molecule has 4 nitrogen and oxygen atoms in total. The third-order valence-corrected chi connectivity index (χ3v) is 4.30. The molecule has 0 heterocycles. The number of phenolic OH excluding ortho intramolecular Hbond substituents is 1. The largest absolute Gasteiger partial charge is 0.508 e. The van der Waals surface area contributed by atoms with Crippen LogP contribution in [0.25, 0.3) is 10.8 Å². The molecule has 2 N–H and O–H groups in total. The highest BCUT2D eigenvalue weighted by Crippen LogP contribution is 2.23. The Balaban J connectivity index is 2.49. The number of phenols is 1. The Morgan fingerprint density at radius 1 is 1.00 bits per heavy atom. The van der Waals surface area contributed by atoms with Crippen LogP contribution in [0.3, 0.4) is 0 Å². The summed E-state index contributed by atoms with van der Waals surface area (Å²) in [6, 6.07) is 9.66. The monoisotopic (exact) mass is 279 g/mol. The van der Waals surface area contributed by atoms with Crippen molar-refractivity contribution in [3.63, 3.8) is 0 Å². The second kappa shape index (κ2) is 4.51. The summed E-state index contributed by atoms with van der Waals surface area (Å²) in [6.45, 7) is 5.39. The summed E-state index contributed by atoms with van der Waals surface area (Å²) in [7, 11) is -3.53. The summed E-state index contributed by atoms with van der Waals surface area (Å²) in [4.78, 5) is 0.223. The van der Waals surface area contributed by atoms with Crippen molar-refractivity contribution in [3.05, 3.63) is 36.4 Å². The molecule has 102 valence electrons. The first-order valence-corrected chi connectivity index (χ1v) is 7.42. The molecule has 0 bridgehead atoms. The molecule has 0 aliphatic carbocycles. The topological polar surface area (TPSA) is 66.4 Å². The lowest BCUT2D eigenvalue weighted by Gasteiger charge is -2.20. The van der Waals surface area contributed by atoms with Crippen molar-refractivity contribution < 1.29 is 13.5 Å². The fourth-order valence-electron chi connectivity index (χ4n) is 1.84. The number of hydrogen-bond donors (Lipinski definition) is 2. The second-order valence-electron chi connectivity index (χ2n) is 5.55. The summed E-state index contributed by atoms with van der Waals surface area (Å²) in [6.07, 6.45) is 0. The first-order valence-electron chi connectivity index (χ1n) is 5.94. The maximum atomic E-state index is 12.2. The molecule has 19 heavy (non-hydrogen) atoms. The smallest absolute Gasteiger partial charge is 0.241 e. The third-order valence-electron chi connectivity index (χ3n) is 2.55. The van der Waals surface area contributed by atoms with Crippen LogP contribution in [0.5, 0.6) is 5.75 Å². The van der Waals surface area contributed by atoms with E-state index >= 15 is 0 Å². The zero-order chi connectivity index (χ0) is 14.3. The van der Waals surface area contributed by atoms with Gasteiger partial charge in [-0.2, -0.15) is 0 Å². The van der Waals surface area contributed by atoms with Gasteiger partial charge in [0.1, 0.15) is 5.75 Å². The highest BCUT2D eigenvalue weighted by atomic mass is 32.2. The van der Waals surface area contributed by atoms with Crippen molar-refractivity contribution in [1.29, 1.82) is 0 Å². The summed E-state index contributed by atoms with van der Waals surface area (Å²) in [5.41, 5.74) is -0.525. The zero-order valence-electron chi connectivity index (χ0n) is 11.1. The molecular weight excluding hydrogens is 262 g/mol. The molecule has 0 aliphatic rings. The first-order chi connectivity index (χ1) is 8.67. The van der Waals surface area contributed by atoms with Gasteiger partial charge in [0.25, 0.3) is 0 Å². The van der Waals surface area contributed by atoms with Gasteiger partial charge in [-0.25, -0.2) is 13.1 Å². The van der Waals surface area contributed by atoms with E-state index in [9.17, 15) is 13.5 Å². The van der Waals surface area contributed by atoms with E-state index in [-0.39, 0.29) is 10.6 Å². The van der Waals surface area contributed by atoms with Crippen LogP contribution in [0, 0.1) is 0 Å². The van der Waals surface area contributed by atoms with E-state index < -0.39 is 15.6 Å². The standard InChI is InChI=1S/C14H17NO3S/c1-14(2,3)15-19(17,18)13-7-5-10-8-12(16)6-4-11(10)9-13/h4-9,15-16H,1-3H3. The van der Waals surface area contributed by atoms with Crippen molar-refractivity contribution in [3.8, 4) is 5.75 Å². The van der Waals surface area contributed by atoms with E-state index in [0.717, 1.165) is 10.8 Å². The third kappa shape index (κ3) is 3.24. The molecule has 0 saturated heterocycles. The number of hydrogen-bond acceptors (Lipinski definition) is 3. The van der Waals surface area contributed by atoms with E-state index in [0.29, 0.717) is 0 Å². The Morgan fingerprint density at radius 2 is 1.58 bits per heavy atom. The number of nitrogens with one attached hydrogen (secondary N) is 1. The molecule has 0 fully saturated rings. The van der Waals surface area contributed by atoms with Crippen LogP contribution in [0.15, 0.2) is 41.3 Å². The molecule has 0 saturated carbocycles. The van der Waals surface area contributed by atoms with Crippen molar-refractivity contribution >= 4 is 20.8 Å². The molecule has 2 rings (SSSR count). The number of sulfonamides is 1. The average Bonchev–Trinajstić information content (AvgIpc) is 2.25. The highest BCUT2D eigenvalue weighted by Gasteiger charge is 2.21. The van der Waals surface area contributed by atoms with E-state index in [1.807, 2.05) is 0 Å². The van der Waals surface area contributed by atoms with E-state index in [2.05, 4.69) is 4.72 Å². The molecule has 0 unspecified atom stereocenters. The molecular formula is C14H17NO3S. The molecule has 0 aliphatic heterocycles. The Kier molecular flexibility index (Phi) is 3.28. The molecule has 2 aromatic rings. The van der Waals surface area contributed by atoms with E-state index in [1.54, 1.807) is 45.0 Å². The quantitative estimate of drug-likeness (QED) is 0.888. The normalized spacial score (nSPS) is 12.8. The minimum absolute atomic E-state index is 0.163. The van der Waals surface area contributed by atoms with E-state index in [4.69, 9.17) is 0 Å². The lowest BCUT2D eigenvalue weighted by Crippen LogP contribution is -2.40. The minimum Gasteiger partial charge on any atom is -0.508 e. The van der Waals surface area contributed by atoms with Gasteiger partial charge in [0.05, 0.1) is 4.90 Å². The summed E-state index contributed by atoms with van der Waals surface area (Å²) >= 11 is 0. The van der Waals surface area contributed by atoms with Gasteiger partial charge >= 0.3 is 0 Å². The highest BCUT2D eigenvalue weighted by molar-refractivity contribution is 7.89. The molecule has 0 spiro atoms. The lowest BCUT2D eigenvalue weighted by molar-refractivity contribution is 0.476. The van der Waals surface area contributed by atoms with Gasteiger partial charge < -0.3 is 5.11 Å². The molecule has 5 heteroatoms. The maximum absolute atomic E-state index is 12.2. The molecule has 0 atom stereocenters. The van der Waals surface area contributed by atoms with Crippen LogP contribution >= 0.6 is 0 Å². The maximum Gasteiger partial charge on any atom is 0.241 e. The Labute approximate surface area is 113 Å². The zero-order valence-corrected chi connectivity index (χ0v) is 12.0. The van der Waals surface area contributed by atoms with Gasteiger partial charge in [0.2, 0.25) is 10.0 Å². The van der Waals surface area contributed by atoms with Crippen LogP contribution in [0.1, 0.15) is 20.8 Å². The van der Waals surface area contributed by atoms with Crippen LogP contribution in [-0.4, -0.2) is 19.1 Å². The van der Waals surface area contributed by atoms with Crippen LogP contribution in [-0.2, 0) is 10.0 Å². The van der Waals surface area contributed by atoms with Gasteiger partial charge in [0, 0.05) is 5.54 Å². The number of aromatic hydroxyl groups is 1. The predicted molar refractivity (Wildman–Crippen MR) is 75.7 cm³/mol. The second-order valence-corrected chi connectivity index (χ2v) is 7.23. The number of benzene rings is 2. The van der Waals surface area contributed by atoms with Crippen molar-refractivity contribution in [1.82, 2.24) is 4.72 Å². The van der Waals surface area contributed by atoms with Crippen LogP contribution in [0.2, 0.25) is 0 Å². The van der Waals surface area contributed by atoms with Gasteiger partial charge in [-0.1, -0.05) is 12.1 Å². The van der Waals surface area contributed by atoms with Gasteiger partial charge in [-0.05, 0) is 55.8 Å². The SMILES string of the molecule is CC(C)(C)NS(=O)(=O)c1ccc2cc(O)ccc2c1. The number of fused-ring (bicyclic) bond motifs is 1. The fraction of sp³-hybridized carbons (Fsp3) is 0.286. The van der Waals surface area contributed by atoms with Gasteiger partial charge in [0.15, 0.2) is 0 Å². The Morgan fingerprint density at radius 3 is 2.21 bits per heavy atom. The molecule has 0 radical (unpaired) electrons. The summed E-state index contributed by atoms with van der Waals surface area (Å²) in [5.74, 6) is 0.163. The molecule has 2 aromatic carbocycles. The van der Waals surface area contributed by atoms with Gasteiger partial charge in [-0.15, -0.1) is 0 Å². The molecule has 0 aromatic heterocycles. The average molecular weight is 279 g/mol. The number of rotatable bonds is 2. The summed E-state index contributed by atoms with van der Waals surface area (Å²) in [5, 5.41) is 11.0. The lowest BCUT2D eigenvalue weighted by atomic mass is 10.1.